The first-order valence-electron chi connectivity index (χ1n) is 13.8. The molecule has 5 aromatic rings. The molecule has 0 aliphatic heterocycles. The number of alkyl halides is 2. The Kier molecular flexibility index (Phi) is 9.10. The topological polar surface area (TPSA) is 68.3 Å². The third kappa shape index (κ3) is 5.64. The summed E-state index contributed by atoms with van der Waals surface area (Å²) in [6.45, 7) is 2.93. The number of H-pyrrole nitrogens is 1. The van der Waals surface area contributed by atoms with E-state index in [1.54, 1.807) is 0 Å². The van der Waals surface area contributed by atoms with Crippen LogP contribution in [0.5, 0.6) is 0 Å². The first-order valence-corrected chi connectivity index (χ1v) is 15.7. The second kappa shape index (κ2) is 12.7. The molecule has 41 heavy (non-hydrogen) atoms. The number of para-hydroxylation sites is 1. The van der Waals surface area contributed by atoms with Gasteiger partial charge in [-0.25, -0.2) is 0 Å². The molecule has 0 unspecified atom stereocenters. The molecule has 7 heteroatoms. The van der Waals surface area contributed by atoms with E-state index in [-0.39, 0.29) is 17.2 Å². The minimum Gasteiger partial charge on any atom is -0.358 e. The predicted molar refractivity (Wildman–Crippen MR) is 172 cm³/mol. The van der Waals surface area contributed by atoms with Crippen molar-refractivity contribution in [2.75, 3.05) is 5.34 Å². The van der Waals surface area contributed by atoms with Crippen molar-refractivity contribution < 1.29 is 0 Å². The molecule has 6 rings (SSSR count). The molecule has 0 radical (unpaired) electrons. The van der Waals surface area contributed by atoms with Crippen LogP contribution in [0.1, 0.15) is 54.5 Å². The van der Waals surface area contributed by atoms with E-state index < -0.39 is 5.41 Å². The number of halogens is 3. The summed E-state index contributed by atoms with van der Waals surface area (Å²) in [7, 11) is 0. The van der Waals surface area contributed by atoms with Crippen molar-refractivity contribution in [1.82, 2.24) is 9.55 Å². The molecule has 0 saturated heterocycles. The fourth-order valence-electron chi connectivity index (χ4n) is 6.50. The molecule has 3 aromatic carbocycles. The van der Waals surface area contributed by atoms with E-state index >= 15 is 0 Å². The van der Waals surface area contributed by atoms with Crippen molar-refractivity contribution >= 4 is 60.9 Å². The number of hydrogen-bond donors (Lipinski definition) is 1. The van der Waals surface area contributed by atoms with Crippen LogP contribution in [-0.2, 0) is 13.0 Å². The van der Waals surface area contributed by atoms with Crippen LogP contribution in [0.2, 0.25) is 0 Å². The maximum Gasteiger partial charge on any atom is 0.150 e. The number of nitrogens with one attached hydrogen (secondary N) is 1. The number of aromatic amines is 1. The van der Waals surface area contributed by atoms with Crippen LogP contribution in [0.4, 0.5) is 0 Å². The molecule has 0 bridgehead atoms. The number of aromatic nitrogens is 2. The zero-order chi connectivity index (χ0) is 29.0. The van der Waals surface area contributed by atoms with E-state index in [1.807, 2.05) is 18.2 Å². The highest BCUT2D eigenvalue weighted by atomic mass is 79.9. The SMILES string of the molecule is CCC[C@@H]1C[C@H](c2cn(Cc3ccccc3)c3ccc(Br)cc23)c2[nH]c3ccccc3c2CC1(C#N)C#N.ClCCl. The second-order valence-electron chi connectivity index (χ2n) is 10.7. The van der Waals surface area contributed by atoms with Crippen molar-refractivity contribution in [3.8, 4) is 12.1 Å². The third-order valence-electron chi connectivity index (χ3n) is 8.35. The molecular weight excluding hydrogens is 615 g/mol. The summed E-state index contributed by atoms with van der Waals surface area (Å²) in [5, 5.41) is 23.4. The maximum atomic E-state index is 10.4. The minimum absolute atomic E-state index is 0.0215. The van der Waals surface area contributed by atoms with Crippen LogP contribution in [0.3, 0.4) is 0 Å². The van der Waals surface area contributed by atoms with Crippen molar-refractivity contribution in [3.63, 3.8) is 0 Å². The third-order valence-corrected chi connectivity index (χ3v) is 8.84. The van der Waals surface area contributed by atoms with Crippen LogP contribution in [0.15, 0.2) is 83.5 Å². The smallest absolute Gasteiger partial charge is 0.150 e. The van der Waals surface area contributed by atoms with Gasteiger partial charge in [-0.05, 0) is 59.7 Å². The summed E-state index contributed by atoms with van der Waals surface area (Å²) in [5.74, 6) is 0.0260. The fourth-order valence-corrected chi connectivity index (χ4v) is 6.86. The van der Waals surface area contributed by atoms with Gasteiger partial charge in [-0.3, -0.25) is 0 Å². The summed E-state index contributed by atoms with van der Waals surface area (Å²) >= 11 is 13.2. The Labute approximate surface area is 259 Å². The van der Waals surface area contributed by atoms with Gasteiger partial charge in [0.25, 0.3) is 0 Å². The quantitative estimate of drug-likeness (QED) is 0.153. The Morgan fingerprint density at radius 3 is 2.41 bits per heavy atom. The number of rotatable bonds is 5. The molecule has 2 heterocycles. The molecule has 0 fully saturated rings. The Hall–Kier alpha value is -3.22. The lowest BCUT2D eigenvalue weighted by Crippen LogP contribution is -2.29. The summed E-state index contributed by atoms with van der Waals surface area (Å²) in [6, 6.07) is 30.4. The molecule has 0 amide bonds. The van der Waals surface area contributed by atoms with Gasteiger partial charge in [-0.2, -0.15) is 10.5 Å². The monoisotopic (exact) mass is 644 g/mol. The van der Waals surface area contributed by atoms with Crippen LogP contribution < -0.4 is 0 Å². The molecule has 2 atom stereocenters. The standard InChI is InChI=1S/C33H29BrN4.CH2Cl2/c1-2-8-23-15-27(32-28(17-33(23,20-35)21-36)25-11-6-7-12-30(25)37-32)29-19-38(18-22-9-4-3-5-10-22)31-14-13-24(34)16-26(29)31;2-1-3/h3-7,9-14,16,19,23,27,37H,2,8,15,17-18H2,1H3;1H2/t23-,27-;/m1./s1. The molecule has 2 aromatic heterocycles. The predicted octanol–water partition coefficient (Wildman–Crippen LogP) is 9.88. The average molecular weight is 646 g/mol. The Bertz CT molecular complexity index is 1730. The number of nitriles is 2. The van der Waals surface area contributed by atoms with E-state index in [4.69, 9.17) is 23.2 Å². The molecule has 1 N–H and O–H groups in total. The molecule has 208 valence electrons. The van der Waals surface area contributed by atoms with Crippen LogP contribution in [-0.4, -0.2) is 14.9 Å². The molecule has 0 saturated carbocycles. The van der Waals surface area contributed by atoms with Gasteiger partial charge in [0.15, 0.2) is 5.41 Å². The summed E-state index contributed by atoms with van der Waals surface area (Å²) in [4.78, 5) is 3.75. The van der Waals surface area contributed by atoms with Gasteiger partial charge >= 0.3 is 0 Å². The number of benzene rings is 3. The van der Waals surface area contributed by atoms with Crippen molar-refractivity contribution in [3.05, 3.63) is 106 Å². The second-order valence-corrected chi connectivity index (χ2v) is 12.4. The van der Waals surface area contributed by atoms with Gasteiger partial charge in [0.1, 0.15) is 0 Å². The van der Waals surface area contributed by atoms with Crippen LogP contribution in [0, 0.1) is 34.0 Å². The largest absolute Gasteiger partial charge is 0.358 e. The van der Waals surface area contributed by atoms with Gasteiger partial charge in [0.05, 0.1) is 17.5 Å². The van der Waals surface area contributed by atoms with E-state index in [2.05, 4.69) is 105 Å². The molecule has 4 nitrogen and oxygen atoms in total. The van der Waals surface area contributed by atoms with E-state index in [0.717, 1.165) is 52.4 Å². The van der Waals surface area contributed by atoms with Gasteiger partial charge in [-0.1, -0.05) is 77.8 Å². The van der Waals surface area contributed by atoms with Gasteiger partial charge in [0, 0.05) is 57.1 Å². The minimum atomic E-state index is -1.05. The van der Waals surface area contributed by atoms with Gasteiger partial charge in [-0.15, -0.1) is 23.2 Å². The molecular formula is C34H31BrCl2N4. The zero-order valence-corrected chi connectivity index (χ0v) is 26.0. The first kappa shape index (κ1) is 29.3. The van der Waals surface area contributed by atoms with Gasteiger partial charge in [0.2, 0.25) is 0 Å². The molecule has 0 spiro atoms. The highest BCUT2D eigenvalue weighted by Gasteiger charge is 2.45. The fraction of sp³-hybridized carbons (Fsp3) is 0.294. The Morgan fingerprint density at radius 1 is 1.00 bits per heavy atom. The zero-order valence-electron chi connectivity index (χ0n) is 22.9. The average Bonchev–Trinajstić information content (AvgIpc) is 3.48. The highest BCUT2D eigenvalue weighted by molar-refractivity contribution is 9.10. The number of hydrogen-bond acceptors (Lipinski definition) is 2. The normalized spacial score (nSPS) is 17.6. The number of fused-ring (bicyclic) bond motifs is 4. The lowest BCUT2D eigenvalue weighted by molar-refractivity contribution is 0.275. The maximum absolute atomic E-state index is 10.4. The van der Waals surface area contributed by atoms with Gasteiger partial charge < -0.3 is 9.55 Å². The first-order chi connectivity index (χ1) is 20.0. The highest BCUT2D eigenvalue weighted by Crippen LogP contribution is 2.50. The van der Waals surface area contributed by atoms with Crippen LogP contribution in [0.25, 0.3) is 21.8 Å². The summed E-state index contributed by atoms with van der Waals surface area (Å²) in [5.41, 5.74) is 5.97. The Balaban J connectivity index is 0.00000108. The van der Waals surface area contributed by atoms with E-state index in [0.29, 0.717) is 6.42 Å². The summed E-state index contributed by atoms with van der Waals surface area (Å²) in [6.07, 6.45) is 5.31. The van der Waals surface area contributed by atoms with Crippen molar-refractivity contribution in [2.24, 2.45) is 11.3 Å². The molecule has 1 aliphatic carbocycles. The van der Waals surface area contributed by atoms with Crippen LogP contribution >= 0.6 is 39.1 Å². The number of nitrogens with zero attached hydrogens (tertiary/aromatic N) is 3. The van der Waals surface area contributed by atoms with Crippen molar-refractivity contribution in [2.45, 2.75) is 45.1 Å². The van der Waals surface area contributed by atoms with E-state index in [1.165, 1.54) is 22.0 Å². The summed E-state index contributed by atoms with van der Waals surface area (Å²) < 4.78 is 3.39. The Morgan fingerprint density at radius 2 is 1.71 bits per heavy atom. The lowest BCUT2D eigenvalue weighted by atomic mass is 9.70. The lowest BCUT2D eigenvalue weighted by Gasteiger charge is -2.28. The van der Waals surface area contributed by atoms with E-state index in [9.17, 15) is 10.5 Å². The van der Waals surface area contributed by atoms with Crippen molar-refractivity contribution in [1.29, 1.82) is 10.5 Å². The molecule has 1 aliphatic rings.